The maximum atomic E-state index is 5.83. The normalized spacial score (nSPS) is 10.6. The molecular formula is C19H41N2O+. The Labute approximate surface area is 139 Å². The Hall–Kier alpha value is -0.730. The highest BCUT2D eigenvalue weighted by Gasteiger charge is 2.12. The quantitative estimate of drug-likeness (QED) is 0.208. The molecule has 0 saturated carbocycles. The summed E-state index contributed by atoms with van der Waals surface area (Å²) in [6.07, 6.45) is 16.6. The van der Waals surface area contributed by atoms with Crippen molar-refractivity contribution in [1.82, 2.24) is 4.90 Å². The summed E-state index contributed by atoms with van der Waals surface area (Å²) >= 11 is 0. The van der Waals surface area contributed by atoms with E-state index in [9.17, 15) is 0 Å². The van der Waals surface area contributed by atoms with Gasteiger partial charge in [-0.15, -0.1) is 0 Å². The molecule has 0 unspecified atom stereocenters. The third kappa shape index (κ3) is 13.0. The highest BCUT2D eigenvalue weighted by molar-refractivity contribution is 5.67. The molecule has 0 aliphatic heterocycles. The number of nitrogens with zero attached hydrogens (tertiary/aromatic N) is 2. The summed E-state index contributed by atoms with van der Waals surface area (Å²) in [6, 6.07) is 0.947. The topological polar surface area (TPSA) is 15.5 Å². The lowest BCUT2D eigenvalue weighted by Crippen LogP contribution is -2.32. The van der Waals surface area contributed by atoms with Crippen LogP contribution in [0, 0.1) is 0 Å². The van der Waals surface area contributed by atoms with Crippen LogP contribution in [0.25, 0.3) is 0 Å². The number of rotatable bonds is 13. The van der Waals surface area contributed by atoms with Crippen molar-refractivity contribution in [2.45, 2.75) is 84.0 Å². The van der Waals surface area contributed by atoms with Gasteiger partial charge in [0.05, 0.1) is 34.8 Å². The van der Waals surface area contributed by atoms with Gasteiger partial charge >= 0.3 is 6.02 Å². The van der Waals surface area contributed by atoms with Crippen LogP contribution in [0.15, 0.2) is 0 Å². The monoisotopic (exact) mass is 313 g/mol. The van der Waals surface area contributed by atoms with Crippen molar-refractivity contribution >= 4 is 6.02 Å². The molecule has 22 heavy (non-hydrogen) atoms. The molecule has 132 valence electrons. The van der Waals surface area contributed by atoms with Crippen molar-refractivity contribution in [3.05, 3.63) is 0 Å². The van der Waals surface area contributed by atoms with Crippen LogP contribution in [0.1, 0.15) is 84.0 Å². The van der Waals surface area contributed by atoms with Crippen molar-refractivity contribution in [2.24, 2.45) is 0 Å². The highest BCUT2D eigenvalue weighted by atomic mass is 16.5. The van der Waals surface area contributed by atoms with E-state index in [1.165, 1.54) is 77.0 Å². The summed E-state index contributed by atoms with van der Waals surface area (Å²) in [5.74, 6) is 0. The van der Waals surface area contributed by atoms with E-state index in [0.29, 0.717) is 0 Å². The molecule has 0 aromatic rings. The molecule has 0 atom stereocenters. The van der Waals surface area contributed by atoms with Crippen LogP contribution in [0.2, 0.25) is 0 Å². The second-order valence-corrected chi connectivity index (χ2v) is 6.81. The van der Waals surface area contributed by atoms with E-state index in [0.717, 1.165) is 12.6 Å². The summed E-state index contributed by atoms with van der Waals surface area (Å²) in [5.41, 5.74) is 0. The zero-order valence-electron chi connectivity index (χ0n) is 16.0. The van der Waals surface area contributed by atoms with Gasteiger partial charge in [-0.1, -0.05) is 77.6 Å². The molecule has 0 aromatic carbocycles. The summed E-state index contributed by atoms with van der Waals surface area (Å²) in [5, 5.41) is 0. The van der Waals surface area contributed by atoms with Crippen LogP contribution < -0.4 is 0 Å². The Morgan fingerprint density at radius 2 is 1.14 bits per heavy atom. The van der Waals surface area contributed by atoms with E-state index in [-0.39, 0.29) is 0 Å². The second-order valence-electron chi connectivity index (χ2n) is 6.81. The number of hydrogen-bond donors (Lipinski definition) is 0. The molecule has 0 saturated heterocycles. The first kappa shape index (κ1) is 21.3. The van der Waals surface area contributed by atoms with Gasteiger partial charge in [-0.2, -0.15) is 0 Å². The molecule has 0 aliphatic rings. The standard InChI is InChI=1S/C19H41N2O/c1-6-7-8-9-10-11-12-13-14-15-16-17-18-22-19(20(2)3)21(4)5/h6-18H2,1-5H3/q+1. The Balaban J connectivity index is 3.29. The lowest BCUT2D eigenvalue weighted by molar-refractivity contribution is -0.480. The van der Waals surface area contributed by atoms with E-state index in [4.69, 9.17) is 4.74 Å². The van der Waals surface area contributed by atoms with E-state index < -0.39 is 0 Å². The fraction of sp³-hybridized carbons (Fsp3) is 0.947. The minimum absolute atomic E-state index is 0.836. The summed E-state index contributed by atoms with van der Waals surface area (Å²) in [6.45, 7) is 3.12. The summed E-state index contributed by atoms with van der Waals surface area (Å²) in [4.78, 5) is 2.03. The fourth-order valence-electron chi connectivity index (χ4n) is 2.76. The Morgan fingerprint density at radius 3 is 1.50 bits per heavy atom. The van der Waals surface area contributed by atoms with Gasteiger partial charge in [-0.25, -0.2) is 9.48 Å². The first-order valence-electron chi connectivity index (χ1n) is 9.44. The summed E-state index contributed by atoms with van der Waals surface area (Å²) < 4.78 is 7.85. The highest BCUT2D eigenvalue weighted by Crippen LogP contribution is 2.11. The van der Waals surface area contributed by atoms with Crippen LogP contribution >= 0.6 is 0 Å². The van der Waals surface area contributed by atoms with Gasteiger partial charge < -0.3 is 4.74 Å². The Kier molecular flexibility index (Phi) is 14.7. The largest absolute Gasteiger partial charge is 0.445 e. The Morgan fingerprint density at radius 1 is 0.727 bits per heavy atom. The minimum Gasteiger partial charge on any atom is -0.432 e. The van der Waals surface area contributed by atoms with Gasteiger partial charge in [0.1, 0.15) is 0 Å². The molecule has 0 bridgehead atoms. The van der Waals surface area contributed by atoms with Gasteiger partial charge in [0.25, 0.3) is 0 Å². The van der Waals surface area contributed by atoms with Crippen molar-refractivity contribution in [3.63, 3.8) is 0 Å². The first-order chi connectivity index (χ1) is 10.6. The van der Waals surface area contributed by atoms with E-state index in [1.54, 1.807) is 0 Å². The molecule has 0 amide bonds. The molecule has 3 heteroatoms. The minimum atomic E-state index is 0.836. The molecule has 0 rings (SSSR count). The molecule has 0 spiro atoms. The van der Waals surface area contributed by atoms with Crippen molar-refractivity contribution in [2.75, 3.05) is 34.8 Å². The number of hydrogen-bond acceptors (Lipinski definition) is 1. The molecule has 0 radical (unpaired) electrons. The molecule has 0 aromatic heterocycles. The fourth-order valence-corrected chi connectivity index (χ4v) is 2.76. The second kappa shape index (κ2) is 15.2. The third-order valence-corrected chi connectivity index (χ3v) is 3.99. The van der Waals surface area contributed by atoms with Crippen LogP contribution in [0.3, 0.4) is 0 Å². The van der Waals surface area contributed by atoms with Crippen molar-refractivity contribution in [1.29, 1.82) is 0 Å². The smallest absolute Gasteiger partial charge is 0.432 e. The van der Waals surface area contributed by atoms with E-state index in [2.05, 4.69) is 6.92 Å². The van der Waals surface area contributed by atoms with Crippen LogP contribution in [0.5, 0.6) is 0 Å². The molecule has 0 aliphatic carbocycles. The molecule has 3 nitrogen and oxygen atoms in total. The molecule has 0 N–H and O–H groups in total. The maximum Gasteiger partial charge on any atom is 0.445 e. The van der Waals surface area contributed by atoms with Crippen molar-refractivity contribution in [3.8, 4) is 0 Å². The van der Waals surface area contributed by atoms with E-state index >= 15 is 0 Å². The average molecular weight is 314 g/mol. The number of unbranched alkanes of at least 4 members (excludes halogenated alkanes) is 11. The third-order valence-electron chi connectivity index (χ3n) is 3.99. The number of ether oxygens (including phenoxy) is 1. The lowest BCUT2D eigenvalue weighted by Gasteiger charge is -2.11. The van der Waals surface area contributed by atoms with E-state index in [1.807, 2.05) is 37.7 Å². The lowest BCUT2D eigenvalue weighted by atomic mass is 10.1. The molecule has 0 heterocycles. The van der Waals surface area contributed by atoms with Crippen LogP contribution in [0.4, 0.5) is 0 Å². The summed E-state index contributed by atoms with van der Waals surface area (Å²) in [7, 11) is 8.10. The SMILES string of the molecule is CCCCCCCCCCCCCCOC(N(C)C)=[N+](C)C. The molecule has 0 fully saturated rings. The predicted molar refractivity (Wildman–Crippen MR) is 97.8 cm³/mol. The van der Waals surface area contributed by atoms with Crippen LogP contribution in [-0.4, -0.2) is 50.3 Å². The van der Waals surface area contributed by atoms with Gasteiger partial charge in [0.15, 0.2) is 0 Å². The maximum absolute atomic E-state index is 5.83. The predicted octanol–water partition coefficient (Wildman–Crippen LogP) is 4.89. The zero-order valence-corrected chi connectivity index (χ0v) is 16.0. The molecular weight excluding hydrogens is 272 g/mol. The van der Waals surface area contributed by atoms with Gasteiger partial charge in [-0.05, 0) is 6.42 Å². The first-order valence-corrected chi connectivity index (χ1v) is 9.44. The van der Waals surface area contributed by atoms with Gasteiger partial charge in [0, 0.05) is 0 Å². The van der Waals surface area contributed by atoms with Gasteiger partial charge in [0.2, 0.25) is 0 Å². The zero-order chi connectivity index (χ0) is 16.6. The average Bonchev–Trinajstić information content (AvgIpc) is 2.46. The van der Waals surface area contributed by atoms with Gasteiger partial charge in [-0.3, -0.25) is 0 Å². The Bertz CT molecular complexity index is 271. The van der Waals surface area contributed by atoms with Crippen LogP contribution in [-0.2, 0) is 4.74 Å². The van der Waals surface area contributed by atoms with Crippen molar-refractivity contribution < 1.29 is 9.31 Å². The number of amidine groups is 1.